The SMILES string of the molecule is CC(C)C(=O)N(CCO)CCN(C)C(=O)OCc1ccc(NC(=O)CNC(=O)C(NC(=O)OCCOCCN2C(=O)CC(C(C)C)C2=O)C(C)C)cc1.CCCNC(N)=O. The topological polar surface area (TPSA) is 268 Å². The molecule has 1 heterocycles. The highest BCUT2D eigenvalue weighted by Gasteiger charge is 2.39. The lowest BCUT2D eigenvalue weighted by Gasteiger charge is -2.26. The van der Waals surface area contributed by atoms with Gasteiger partial charge in [0, 0.05) is 57.2 Å². The van der Waals surface area contributed by atoms with Gasteiger partial charge >= 0.3 is 18.2 Å². The van der Waals surface area contributed by atoms with Crippen LogP contribution in [-0.4, -0.2) is 146 Å². The summed E-state index contributed by atoms with van der Waals surface area (Å²) in [6.45, 7) is 13.6. The first-order valence-corrected chi connectivity index (χ1v) is 20.1. The summed E-state index contributed by atoms with van der Waals surface area (Å²) in [6.07, 6.45) is -0.304. The molecule has 0 radical (unpaired) electrons. The molecule has 0 aliphatic carbocycles. The molecular formula is C40H66N8O12. The van der Waals surface area contributed by atoms with E-state index in [-0.39, 0.29) is 114 Å². The van der Waals surface area contributed by atoms with Crippen LogP contribution in [0, 0.1) is 23.7 Å². The number of anilines is 1. The lowest BCUT2D eigenvalue weighted by atomic mass is 9.94. The third kappa shape index (κ3) is 20.0. The Morgan fingerprint density at radius 1 is 0.917 bits per heavy atom. The molecule has 338 valence electrons. The predicted octanol–water partition coefficient (Wildman–Crippen LogP) is 1.65. The Balaban J connectivity index is 0.00000235. The lowest BCUT2D eigenvalue weighted by molar-refractivity contribution is -0.140. The molecule has 0 saturated carbocycles. The van der Waals surface area contributed by atoms with Crippen LogP contribution in [0.2, 0.25) is 0 Å². The highest BCUT2D eigenvalue weighted by atomic mass is 16.6. The molecule has 2 rings (SSSR count). The average Bonchev–Trinajstić information content (AvgIpc) is 3.49. The molecule has 60 heavy (non-hydrogen) atoms. The number of primary amides is 1. The number of aliphatic hydroxyl groups is 1. The molecule has 1 aliphatic heterocycles. The first kappa shape index (κ1) is 52.5. The van der Waals surface area contributed by atoms with Gasteiger partial charge in [0.2, 0.25) is 29.5 Å². The van der Waals surface area contributed by atoms with Crippen LogP contribution in [0.3, 0.4) is 0 Å². The fraction of sp³-hybridized carbons (Fsp3) is 0.650. The first-order chi connectivity index (χ1) is 28.3. The van der Waals surface area contributed by atoms with E-state index < -0.39 is 36.1 Å². The van der Waals surface area contributed by atoms with Gasteiger partial charge in [-0.15, -0.1) is 0 Å². The van der Waals surface area contributed by atoms with Gasteiger partial charge in [0.05, 0.1) is 32.9 Å². The van der Waals surface area contributed by atoms with Crippen LogP contribution in [0.4, 0.5) is 20.1 Å². The van der Waals surface area contributed by atoms with Crippen LogP contribution in [0.5, 0.6) is 0 Å². The number of hydrogen-bond donors (Lipinski definition) is 6. The minimum absolute atomic E-state index is 0.0217. The number of carbonyl (C=O) groups excluding carboxylic acids is 8. The molecule has 9 amide bonds. The van der Waals surface area contributed by atoms with Crippen LogP contribution < -0.4 is 27.0 Å². The number of hydrogen-bond acceptors (Lipinski definition) is 12. The number of likely N-dealkylation sites (N-methyl/N-ethyl adjacent to an activating group) is 1. The maximum absolute atomic E-state index is 12.8. The quantitative estimate of drug-likeness (QED) is 0.0678. The number of carbonyl (C=O) groups is 8. The van der Waals surface area contributed by atoms with Crippen molar-refractivity contribution in [3.05, 3.63) is 29.8 Å². The van der Waals surface area contributed by atoms with E-state index in [1.165, 1.54) is 14.7 Å². The number of alkyl carbamates (subject to hydrolysis) is 1. The van der Waals surface area contributed by atoms with Gasteiger partial charge in [0.15, 0.2) is 0 Å². The maximum atomic E-state index is 12.8. The molecule has 0 aromatic heterocycles. The molecule has 1 aliphatic rings. The number of nitrogens with one attached hydrogen (secondary N) is 4. The van der Waals surface area contributed by atoms with Gasteiger partial charge in [-0.1, -0.05) is 60.6 Å². The Labute approximate surface area is 352 Å². The molecule has 1 fully saturated rings. The van der Waals surface area contributed by atoms with Crippen molar-refractivity contribution in [2.24, 2.45) is 29.4 Å². The number of benzene rings is 1. The second-order valence-corrected chi connectivity index (χ2v) is 15.0. The molecule has 0 bridgehead atoms. The number of amides is 9. The van der Waals surface area contributed by atoms with Crippen molar-refractivity contribution in [3.63, 3.8) is 0 Å². The summed E-state index contributed by atoms with van der Waals surface area (Å²) in [4.78, 5) is 101. The van der Waals surface area contributed by atoms with Crippen LogP contribution >= 0.6 is 0 Å². The number of aliphatic hydroxyl groups excluding tert-OH is 1. The molecule has 20 nitrogen and oxygen atoms in total. The second-order valence-electron chi connectivity index (χ2n) is 15.0. The van der Waals surface area contributed by atoms with Crippen LogP contribution in [-0.2, 0) is 44.8 Å². The highest BCUT2D eigenvalue weighted by molar-refractivity contribution is 6.03. The van der Waals surface area contributed by atoms with Crippen molar-refractivity contribution in [1.82, 2.24) is 30.7 Å². The molecule has 1 aromatic rings. The van der Waals surface area contributed by atoms with E-state index in [0.29, 0.717) is 17.8 Å². The Kier molecular flexibility index (Phi) is 24.6. The van der Waals surface area contributed by atoms with Crippen LogP contribution in [0.25, 0.3) is 0 Å². The van der Waals surface area contributed by atoms with Gasteiger partial charge in [-0.3, -0.25) is 28.9 Å². The fourth-order valence-corrected chi connectivity index (χ4v) is 5.47. The number of nitrogens with two attached hydrogens (primary N) is 1. The minimum Gasteiger partial charge on any atom is -0.447 e. The minimum atomic E-state index is -0.986. The normalized spacial score (nSPS) is 13.9. The standard InChI is InChI=1S/C36H56N6O11.C4H10N2O/c1-23(2)28-20-30(45)42(34(28)48)15-17-51-18-19-52-35(49)39-31(24(3)4)32(46)37-21-29(44)38-27-10-8-26(9-11-27)22-53-36(50)40(7)12-13-41(14-16-43)33(47)25(5)6;1-2-3-6-4(5)7/h8-11,23-25,28,31,43H,12-22H2,1-7H3,(H,37,46)(H,38,44)(H,39,49);2-3H2,1H3,(H3,5,6,7). The number of urea groups is 1. The number of ether oxygens (including phenoxy) is 3. The number of likely N-dealkylation sites (tertiary alicyclic amines) is 1. The van der Waals surface area contributed by atoms with E-state index in [1.807, 2.05) is 20.8 Å². The zero-order chi connectivity index (χ0) is 45.4. The van der Waals surface area contributed by atoms with Crippen LogP contribution in [0.1, 0.15) is 66.9 Å². The molecule has 2 unspecified atom stereocenters. The molecular weight excluding hydrogens is 784 g/mol. The van der Waals surface area contributed by atoms with Crippen molar-refractivity contribution in [2.75, 3.05) is 78.1 Å². The van der Waals surface area contributed by atoms with Gasteiger partial charge in [-0.2, -0.15) is 0 Å². The average molecular weight is 851 g/mol. The number of imide groups is 1. The molecule has 7 N–H and O–H groups in total. The molecule has 2 atom stereocenters. The third-order valence-electron chi connectivity index (χ3n) is 8.99. The van der Waals surface area contributed by atoms with Gasteiger partial charge in [-0.05, 0) is 36.0 Å². The smallest absolute Gasteiger partial charge is 0.409 e. The Hall–Kier alpha value is -5.50. The first-order valence-electron chi connectivity index (χ1n) is 20.1. The van der Waals surface area contributed by atoms with E-state index in [4.69, 9.17) is 19.9 Å². The Bertz CT molecular complexity index is 1560. The third-order valence-corrected chi connectivity index (χ3v) is 8.99. The summed E-state index contributed by atoms with van der Waals surface area (Å²) >= 11 is 0. The van der Waals surface area contributed by atoms with E-state index in [9.17, 15) is 43.5 Å². The lowest BCUT2D eigenvalue weighted by Crippen LogP contribution is -2.51. The van der Waals surface area contributed by atoms with Crippen molar-refractivity contribution in [2.45, 2.75) is 74.0 Å². The summed E-state index contributed by atoms with van der Waals surface area (Å²) in [7, 11) is 1.55. The van der Waals surface area contributed by atoms with E-state index in [0.717, 1.165) is 6.42 Å². The molecule has 1 saturated heterocycles. The highest BCUT2D eigenvalue weighted by Crippen LogP contribution is 2.26. The zero-order valence-corrected chi connectivity index (χ0v) is 36.2. The predicted molar refractivity (Wildman–Crippen MR) is 221 cm³/mol. The van der Waals surface area contributed by atoms with Crippen LogP contribution in [0.15, 0.2) is 24.3 Å². The van der Waals surface area contributed by atoms with Crippen molar-refractivity contribution < 1.29 is 57.7 Å². The van der Waals surface area contributed by atoms with E-state index >= 15 is 0 Å². The van der Waals surface area contributed by atoms with Crippen molar-refractivity contribution in [1.29, 1.82) is 0 Å². The number of rotatable bonds is 23. The molecule has 0 spiro atoms. The summed E-state index contributed by atoms with van der Waals surface area (Å²) in [5, 5.41) is 19.3. The van der Waals surface area contributed by atoms with Gasteiger partial charge in [0.1, 0.15) is 19.3 Å². The largest absolute Gasteiger partial charge is 0.447 e. The number of nitrogens with zero attached hydrogens (tertiary/aromatic N) is 3. The van der Waals surface area contributed by atoms with Gasteiger partial charge < -0.3 is 56.1 Å². The second kappa shape index (κ2) is 28.1. The van der Waals surface area contributed by atoms with Gasteiger partial charge in [-0.25, -0.2) is 14.4 Å². The van der Waals surface area contributed by atoms with Crippen molar-refractivity contribution in [3.8, 4) is 0 Å². The summed E-state index contributed by atoms with van der Waals surface area (Å²) in [5.41, 5.74) is 5.83. The summed E-state index contributed by atoms with van der Waals surface area (Å²) in [5.74, 6) is -2.44. The van der Waals surface area contributed by atoms with E-state index in [2.05, 4.69) is 21.3 Å². The molecule has 1 aromatic carbocycles. The Morgan fingerprint density at radius 2 is 1.58 bits per heavy atom. The zero-order valence-electron chi connectivity index (χ0n) is 36.2. The summed E-state index contributed by atoms with van der Waals surface area (Å²) < 4.78 is 15.9. The Morgan fingerprint density at radius 3 is 2.12 bits per heavy atom. The maximum Gasteiger partial charge on any atom is 0.409 e. The van der Waals surface area contributed by atoms with Crippen molar-refractivity contribution >= 4 is 53.4 Å². The molecule has 20 heteroatoms. The van der Waals surface area contributed by atoms with E-state index in [1.54, 1.807) is 59.0 Å². The monoisotopic (exact) mass is 850 g/mol. The summed E-state index contributed by atoms with van der Waals surface area (Å²) in [6, 6.07) is 5.13. The van der Waals surface area contributed by atoms with Gasteiger partial charge in [0.25, 0.3) is 0 Å². The fourth-order valence-electron chi connectivity index (χ4n) is 5.47.